The lowest BCUT2D eigenvalue weighted by atomic mass is 10.1. The van der Waals surface area contributed by atoms with E-state index in [1.165, 1.54) is 19.0 Å². The molecule has 0 fully saturated rings. The first-order chi connectivity index (χ1) is 14.9. The summed E-state index contributed by atoms with van der Waals surface area (Å²) in [4.78, 5) is 37.6. The van der Waals surface area contributed by atoms with Crippen molar-refractivity contribution in [3.05, 3.63) is 71.9 Å². The van der Waals surface area contributed by atoms with Gasteiger partial charge in [0, 0.05) is 25.9 Å². The second-order valence-electron chi connectivity index (χ2n) is 7.04. The molecule has 0 atom stereocenters. The SMILES string of the molecule is CNC(=O)CN(C)C(=O)COC(=O)c1cn(-c2ccccc2)nc1-c1ccc(C)cc1. The summed E-state index contributed by atoms with van der Waals surface area (Å²) in [5.41, 5.74) is 3.33. The maximum absolute atomic E-state index is 12.8. The predicted molar refractivity (Wildman–Crippen MR) is 116 cm³/mol. The molecule has 0 radical (unpaired) electrons. The first-order valence-corrected chi connectivity index (χ1v) is 9.73. The fourth-order valence-corrected chi connectivity index (χ4v) is 2.86. The molecule has 2 amide bonds. The molecule has 0 unspecified atom stereocenters. The molecule has 0 spiro atoms. The minimum Gasteiger partial charge on any atom is -0.452 e. The zero-order valence-corrected chi connectivity index (χ0v) is 17.7. The molecule has 0 saturated carbocycles. The largest absolute Gasteiger partial charge is 0.452 e. The number of amides is 2. The van der Waals surface area contributed by atoms with Gasteiger partial charge in [-0.1, -0.05) is 48.0 Å². The smallest absolute Gasteiger partial charge is 0.342 e. The van der Waals surface area contributed by atoms with E-state index in [0.717, 1.165) is 16.8 Å². The Bertz CT molecular complexity index is 1070. The number of nitrogens with one attached hydrogen (secondary N) is 1. The molecule has 0 aliphatic heterocycles. The Morgan fingerprint density at radius 3 is 2.39 bits per heavy atom. The Morgan fingerprint density at radius 2 is 1.74 bits per heavy atom. The van der Waals surface area contributed by atoms with E-state index in [-0.39, 0.29) is 18.0 Å². The van der Waals surface area contributed by atoms with Gasteiger partial charge in [0.25, 0.3) is 5.91 Å². The molecule has 0 aliphatic carbocycles. The van der Waals surface area contributed by atoms with E-state index in [2.05, 4.69) is 10.4 Å². The van der Waals surface area contributed by atoms with Gasteiger partial charge in [-0.2, -0.15) is 5.10 Å². The highest BCUT2D eigenvalue weighted by atomic mass is 16.5. The summed E-state index contributed by atoms with van der Waals surface area (Å²) in [7, 11) is 2.95. The van der Waals surface area contributed by atoms with Crippen LogP contribution in [0.2, 0.25) is 0 Å². The highest BCUT2D eigenvalue weighted by molar-refractivity contribution is 5.97. The van der Waals surface area contributed by atoms with Crippen molar-refractivity contribution in [2.75, 3.05) is 27.2 Å². The van der Waals surface area contributed by atoms with Crippen LogP contribution < -0.4 is 5.32 Å². The van der Waals surface area contributed by atoms with Crippen LogP contribution in [0.15, 0.2) is 60.8 Å². The number of benzene rings is 2. The normalized spacial score (nSPS) is 10.4. The average molecular weight is 420 g/mol. The van der Waals surface area contributed by atoms with Crippen molar-refractivity contribution in [1.29, 1.82) is 0 Å². The van der Waals surface area contributed by atoms with Gasteiger partial charge in [0.15, 0.2) is 6.61 Å². The Labute approximate surface area is 180 Å². The lowest BCUT2D eigenvalue weighted by molar-refractivity contribution is -0.137. The zero-order chi connectivity index (χ0) is 22.4. The van der Waals surface area contributed by atoms with Crippen molar-refractivity contribution in [3.8, 4) is 16.9 Å². The van der Waals surface area contributed by atoms with Gasteiger partial charge >= 0.3 is 5.97 Å². The third-order valence-corrected chi connectivity index (χ3v) is 4.69. The Balaban J connectivity index is 1.84. The second-order valence-corrected chi connectivity index (χ2v) is 7.04. The van der Waals surface area contributed by atoms with Gasteiger partial charge in [-0.05, 0) is 19.1 Å². The molecule has 8 nitrogen and oxygen atoms in total. The molecular formula is C23H24N4O4. The predicted octanol–water partition coefficient (Wildman–Crippen LogP) is 2.21. The van der Waals surface area contributed by atoms with Crippen LogP contribution in [0.5, 0.6) is 0 Å². The molecule has 31 heavy (non-hydrogen) atoms. The number of nitrogens with zero attached hydrogens (tertiary/aromatic N) is 3. The number of carbonyl (C=O) groups is 3. The number of carbonyl (C=O) groups excluding carboxylic acids is 3. The number of ether oxygens (including phenoxy) is 1. The first-order valence-electron chi connectivity index (χ1n) is 9.73. The lowest BCUT2D eigenvalue weighted by Crippen LogP contribution is -2.39. The van der Waals surface area contributed by atoms with Gasteiger partial charge in [-0.25, -0.2) is 9.48 Å². The van der Waals surface area contributed by atoms with Gasteiger partial charge in [0.05, 0.1) is 12.2 Å². The fourth-order valence-electron chi connectivity index (χ4n) is 2.86. The van der Waals surface area contributed by atoms with Crippen LogP contribution >= 0.6 is 0 Å². The number of hydrogen-bond acceptors (Lipinski definition) is 5. The summed E-state index contributed by atoms with van der Waals surface area (Å²) in [6.45, 7) is 1.38. The van der Waals surface area contributed by atoms with Gasteiger partial charge in [-0.15, -0.1) is 0 Å². The minimum atomic E-state index is -0.667. The molecular weight excluding hydrogens is 396 g/mol. The maximum Gasteiger partial charge on any atom is 0.342 e. The van der Waals surface area contributed by atoms with Crippen LogP contribution in [-0.2, 0) is 14.3 Å². The summed E-state index contributed by atoms with van der Waals surface area (Å²) >= 11 is 0. The number of aryl methyl sites for hydroxylation is 1. The summed E-state index contributed by atoms with van der Waals surface area (Å²) in [5.74, 6) is -1.46. The summed E-state index contributed by atoms with van der Waals surface area (Å²) in [6.07, 6.45) is 1.59. The third kappa shape index (κ3) is 5.36. The number of likely N-dealkylation sites (N-methyl/N-ethyl adjacent to an activating group) is 2. The van der Waals surface area contributed by atoms with E-state index >= 15 is 0 Å². The van der Waals surface area contributed by atoms with E-state index in [4.69, 9.17) is 4.74 Å². The summed E-state index contributed by atoms with van der Waals surface area (Å²) in [6, 6.07) is 17.0. The minimum absolute atomic E-state index is 0.118. The second kappa shape index (κ2) is 9.71. The molecule has 8 heteroatoms. The van der Waals surface area contributed by atoms with Crippen LogP contribution in [0.1, 0.15) is 15.9 Å². The number of esters is 1. The zero-order valence-electron chi connectivity index (χ0n) is 17.7. The van der Waals surface area contributed by atoms with E-state index in [1.807, 2.05) is 61.5 Å². The first kappa shape index (κ1) is 21.8. The Kier molecular flexibility index (Phi) is 6.81. The van der Waals surface area contributed by atoms with E-state index in [0.29, 0.717) is 5.69 Å². The molecule has 0 saturated heterocycles. The molecule has 0 bridgehead atoms. The number of rotatable bonds is 7. The fraction of sp³-hybridized carbons (Fsp3) is 0.217. The van der Waals surface area contributed by atoms with Crippen molar-refractivity contribution >= 4 is 17.8 Å². The Hall–Kier alpha value is -3.94. The van der Waals surface area contributed by atoms with Crippen molar-refractivity contribution in [2.45, 2.75) is 6.92 Å². The average Bonchev–Trinajstić information content (AvgIpc) is 3.23. The number of para-hydroxylation sites is 1. The van der Waals surface area contributed by atoms with Gasteiger partial charge in [0.1, 0.15) is 11.3 Å². The number of aromatic nitrogens is 2. The summed E-state index contributed by atoms with van der Waals surface area (Å²) < 4.78 is 6.85. The maximum atomic E-state index is 12.8. The Morgan fingerprint density at radius 1 is 1.06 bits per heavy atom. The molecule has 3 rings (SSSR count). The molecule has 1 N–H and O–H groups in total. The van der Waals surface area contributed by atoms with Gasteiger partial charge < -0.3 is 15.0 Å². The number of hydrogen-bond donors (Lipinski definition) is 1. The quantitative estimate of drug-likeness (QED) is 0.592. The monoisotopic (exact) mass is 420 g/mol. The summed E-state index contributed by atoms with van der Waals surface area (Å²) in [5, 5.41) is 7.02. The highest BCUT2D eigenvalue weighted by Crippen LogP contribution is 2.25. The standard InChI is InChI=1S/C23H24N4O4/c1-16-9-11-17(12-10-16)22-19(13-27(25-22)18-7-5-4-6-8-18)23(30)31-15-21(29)26(3)14-20(28)24-2/h4-13H,14-15H2,1-3H3,(H,24,28). The van der Waals surface area contributed by atoms with E-state index < -0.39 is 18.5 Å². The molecule has 2 aromatic carbocycles. The molecule has 3 aromatic rings. The molecule has 160 valence electrons. The molecule has 0 aliphatic rings. The van der Waals surface area contributed by atoms with Crippen LogP contribution in [0, 0.1) is 6.92 Å². The topological polar surface area (TPSA) is 93.5 Å². The lowest BCUT2D eigenvalue weighted by Gasteiger charge is -2.15. The van der Waals surface area contributed by atoms with Crippen LogP contribution in [0.4, 0.5) is 0 Å². The molecule has 1 heterocycles. The van der Waals surface area contributed by atoms with Crippen molar-refractivity contribution < 1.29 is 19.1 Å². The third-order valence-electron chi connectivity index (χ3n) is 4.69. The van der Waals surface area contributed by atoms with Crippen molar-refractivity contribution in [2.24, 2.45) is 0 Å². The van der Waals surface area contributed by atoms with Crippen LogP contribution in [-0.4, -0.2) is 59.7 Å². The van der Waals surface area contributed by atoms with Crippen molar-refractivity contribution in [1.82, 2.24) is 20.0 Å². The molecule has 1 aromatic heterocycles. The van der Waals surface area contributed by atoms with Gasteiger partial charge in [0.2, 0.25) is 5.91 Å². The van der Waals surface area contributed by atoms with Crippen LogP contribution in [0.25, 0.3) is 16.9 Å². The van der Waals surface area contributed by atoms with Crippen molar-refractivity contribution in [3.63, 3.8) is 0 Å². The highest BCUT2D eigenvalue weighted by Gasteiger charge is 2.22. The van der Waals surface area contributed by atoms with Gasteiger partial charge in [-0.3, -0.25) is 9.59 Å². The van der Waals surface area contributed by atoms with E-state index in [1.54, 1.807) is 10.9 Å². The van der Waals surface area contributed by atoms with Crippen LogP contribution in [0.3, 0.4) is 0 Å². The van der Waals surface area contributed by atoms with E-state index in [9.17, 15) is 14.4 Å².